The predicted molar refractivity (Wildman–Crippen MR) is 52.3 cm³/mol. The summed E-state index contributed by atoms with van der Waals surface area (Å²) in [5, 5.41) is 17.2. The van der Waals surface area contributed by atoms with Crippen LogP contribution >= 0.6 is 12.6 Å². The molecule has 0 unspecified atom stereocenters. The van der Waals surface area contributed by atoms with E-state index in [0.29, 0.717) is 18.4 Å². The van der Waals surface area contributed by atoms with E-state index in [0.717, 1.165) is 10.5 Å². The minimum absolute atomic E-state index is 0.436. The Bertz CT molecular complexity index is 385. The summed E-state index contributed by atoms with van der Waals surface area (Å²) in [7, 11) is 0. The van der Waals surface area contributed by atoms with Gasteiger partial charge < -0.3 is 0 Å². The average molecular weight is 188 g/mol. The molecule has 0 heterocycles. The molecule has 1 rings (SSSR count). The number of hydrogen-bond acceptors (Lipinski definition) is 3. The molecule has 3 heteroatoms. The minimum atomic E-state index is 0.436. The number of aryl methyl sites for hydroxylation is 1. The first-order chi connectivity index (χ1) is 6.27. The van der Waals surface area contributed by atoms with Crippen molar-refractivity contribution >= 4 is 12.6 Å². The zero-order valence-corrected chi connectivity index (χ0v) is 7.88. The van der Waals surface area contributed by atoms with Crippen molar-refractivity contribution in [1.82, 2.24) is 0 Å². The van der Waals surface area contributed by atoms with Crippen molar-refractivity contribution < 1.29 is 0 Å². The van der Waals surface area contributed by atoms with Crippen LogP contribution in [0.5, 0.6) is 0 Å². The molecule has 0 bridgehead atoms. The second-order valence-corrected chi connectivity index (χ2v) is 3.13. The van der Waals surface area contributed by atoms with Gasteiger partial charge in [0.05, 0.1) is 17.7 Å². The lowest BCUT2D eigenvalue weighted by atomic mass is 10.0. The van der Waals surface area contributed by atoms with Crippen LogP contribution in [0.3, 0.4) is 0 Å². The van der Waals surface area contributed by atoms with Crippen molar-refractivity contribution in [3.05, 3.63) is 29.3 Å². The maximum absolute atomic E-state index is 8.75. The Morgan fingerprint density at radius 2 is 2.08 bits per heavy atom. The lowest BCUT2D eigenvalue weighted by Crippen LogP contribution is -1.89. The standard InChI is InChI=1S/C10H8N2S/c11-5-1-2-8-6-10(13)4-3-9(8)7-12/h3-4,6,13H,1-2H2. The van der Waals surface area contributed by atoms with Crippen LogP contribution < -0.4 is 0 Å². The summed E-state index contributed by atoms with van der Waals surface area (Å²) in [4.78, 5) is 0.826. The quantitative estimate of drug-likeness (QED) is 0.724. The van der Waals surface area contributed by atoms with Gasteiger partial charge in [0.25, 0.3) is 0 Å². The lowest BCUT2D eigenvalue weighted by molar-refractivity contribution is 0.998. The Hall–Kier alpha value is -1.45. The molecule has 0 aliphatic heterocycles. The van der Waals surface area contributed by atoms with Gasteiger partial charge in [0.15, 0.2) is 0 Å². The SMILES string of the molecule is N#CCCc1cc(S)ccc1C#N. The molecule has 2 nitrogen and oxygen atoms in total. The molecule has 0 aliphatic carbocycles. The highest BCUT2D eigenvalue weighted by atomic mass is 32.1. The highest BCUT2D eigenvalue weighted by Crippen LogP contribution is 2.15. The largest absolute Gasteiger partial charge is 0.198 e. The van der Waals surface area contributed by atoms with Gasteiger partial charge >= 0.3 is 0 Å². The number of hydrogen-bond donors (Lipinski definition) is 1. The molecule has 0 saturated carbocycles. The molecule has 0 aromatic heterocycles. The van der Waals surface area contributed by atoms with Crippen LogP contribution in [0.4, 0.5) is 0 Å². The maximum atomic E-state index is 8.75. The molecule has 0 fully saturated rings. The molecule has 0 N–H and O–H groups in total. The molecule has 1 aromatic rings. The van der Waals surface area contributed by atoms with Crippen LogP contribution in [0, 0.1) is 22.7 Å². The minimum Gasteiger partial charge on any atom is -0.198 e. The molecule has 0 aliphatic rings. The Labute approximate surface area is 82.8 Å². The summed E-state index contributed by atoms with van der Waals surface area (Å²) in [6.45, 7) is 0. The van der Waals surface area contributed by atoms with Gasteiger partial charge in [-0.1, -0.05) is 0 Å². The summed E-state index contributed by atoms with van der Waals surface area (Å²) in [6, 6.07) is 9.48. The molecular formula is C10H8N2S. The summed E-state index contributed by atoms with van der Waals surface area (Å²) in [5.74, 6) is 0. The number of nitrogens with zero attached hydrogens (tertiary/aromatic N) is 2. The Balaban J connectivity index is 2.97. The van der Waals surface area contributed by atoms with Gasteiger partial charge in [0, 0.05) is 11.3 Å². The summed E-state index contributed by atoms with van der Waals surface area (Å²) >= 11 is 4.17. The van der Waals surface area contributed by atoms with E-state index in [4.69, 9.17) is 10.5 Å². The van der Waals surface area contributed by atoms with Crippen molar-refractivity contribution in [2.75, 3.05) is 0 Å². The monoisotopic (exact) mass is 188 g/mol. The van der Waals surface area contributed by atoms with E-state index in [-0.39, 0.29) is 0 Å². The molecule has 13 heavy (non-hydrogen) atoms. The van der Waals surface area contributed by atoms with Crippen molar-refractivity contribution in [3.63, 3.8) is 0 Å². The predicted octanol–water partition coefficient (Wildman–Crippen LogP) is 2.30. The van der Waals surface area contributed by atoms with E-state index in [9.17, 15) is 0 Å². The fourth-order valence-corrected chi connectivity index (χ4v) is 1.32. The first kappa shape index (κ1) is 9.64. The smallest absolute Gasteiger partial charge is 0.0994 e. The number of thiol groups is 1. The highest BCUT2D eigenvalue weighted by molar-refractivity contribution is 7.80. The number of benzene rings is 1. The molecule has 0 atom stereocenters. The van der Waals surface area contributed by atoms with Gasteiger partial charge in [0.1, 0.15) is 0 Å². The zero-order valence-electron chi connectivity index (χ0n) is 6.99. The third kappa shape index (κ3) is 2.50. The molecule has 1 aromatic carbocycles. The van der Waals surface area contributed by atoms with E-state index in [2.05, 4.69) is 24.8 Å². The Morgan fingerprint density at radius 3 is 2.69 bits per heavy atom. The first-order valence-corrected chi connectivity index (χ1v) is 4.31. The van der Waals surface area contributed by atoms with Crippen LogP contribution in [0.1, 0.15) is 17.5 Å². The Kier molecular flexibility index (Phi) is 3.37. The van der Waals surface area contributed by atoms with E-state index in [1.54, 1.807) is 12.1 Å². The van der Waals surface area contributed by atoms with Crippen LogP contribution in [0.15, 0.2) is 23.1 Å². The fraction of sp³-hybridized carbons (Fsp3) is 0.200. The van der Waals surface area contributed by atoms with Crippen molar-refractivity contribution in [2.24, 2.45) is 0 Å². The number of nitriles is 2. The van der Waals surface area contributed by atoms with Gasteiger partial charge in [-0.2, -0.15) is 10.5 Å². The van der Waals surface area contributed by atoms with Crippen LogP contribution in [0.25, 0.3) is 0 Å². The third-order valence-electron chi connectivity index (χ3n) is 1.72. The lowest BCUT2D eigenvalue weighted by Gasteiger charge is -2.01. The van der Waals surface area contributed by atoms with Crippen LogP contribution in [-0.4, -0.2) is 0 Å². The second kappa shape index (κ2) is 4.54. The summed E-state index contributed by atoms with van der Waals surface area (Å²) < 4.78 is 0. The van der Waals surface area contributed by atoms with Gasteiger partial charge in [-0.3, -0.25) is 0 Å². The summed E-state index contributed by atoms with van der Waals surface area (Å²) in [6.07, 6.45) is 1.06. The number of rotatable bonds is 2. The molecular weight excluding hydrogens is 180 g/mol. The topological polar surface area (TPSA) is 47.6 Å². The maximum Gasteiger partial charge on any atom is 0.0994 e. The molecule has 0 spiro atoms. The molecule has 0 amide bonds. The van der Waals surface area contributed by atoms with Gasteiger partial charge in [0.2, 0.25) is 0 Å². The van der Waals surface area contributed by atoms with Gasteiger partial charge in [-0.05, 0) is 30.2 Å². The fourth-order valence-electron chi connectivity index (χ4n) is 1.09. The van der Waals surface area contributed by atoms with Gasteiger partial charge in [-0.25, -0.2) is 0 Å². The highest BCUT2D eigenvalue weighted by Gasteiger charge is 2.01. The van der Waals surface area contributed by atoms with Crippen molar-refractivity contribution in [1.29, 1.82) is 10.5 Å². The normalized spacial score (nSPS) is 8.85. The van der Waals surface area contributed by atoms with E-state index in [1.807, 2.05) is 6.07 Å². The second-order valence-electron chi connectivity index (χ2n) is 2.61. The van der Waals surface area contributed by atoms with Crippen molar-refractivity contribution in [3.8, 4) is 12.1 Å². The van der Waals surface area contributed by atoms with Gasteiger partial charge in [-0.15, -0.1) is 12.6 Å². The molecule has 0 saturated heterocycles. The van der Waals surface area contributed by atoms with E-state index < -0.39 is 0 Å². The Morgan fingerprint density at radius 1 is 1.31 bits per heavy atom. The summed E-state index contributed by atoms with van der Waals surface area (Å²) in [5.41, 5.74) is 1.53. The first-order valence-electron chi connectivity index (χ1n) is 3.87. The van der Waals surface area contributed by atoms with E-state index >= 15 is 0 Å². The van der Waals surface area contributed by atoms with Crippen molar-refractivity contribution in [2.45, 2.75) is 17.7 Å². The molecule has 64 valence electrons. The molecule has 0 radical (unpaired) electrons. The average Bonchev–Trinajstić information content (AvgIpc) is 2.15. The third-order valence-corrected chi connectivity index (χ3v) is 1.99. The zero-order chi connectivity index (χ0) is 9.68. The van der Waals surface area contributed by atoms with Crippen LogP contribution in [-0.2, 0) is 6.42 Å². The van der Waals surface area contributed by atoms with E-state index in [1.165, 1.54) is 0 Å². The van der Waals surface area contributed by atoms with Crippen LogP contribution in [0.2, 0.25) is 0 Å².